The van der Waals surface area contributed by atoms with Gasteiger partial charge in [0.25, 0.3) is 0 Å². The number of nitrogens with one attached hydrogen (secondary N) is 2. The first-order valence-corrected chi connectivity index (χ1v) is 7.83. The summed E-state index contributed by atoms with van der Waals surface area (Å²) in [5.41, 5.74) is 0.935. The van der Waals surface area contributed by atoms with Crippen molar-refractivity contribution in [3.05, 3.63) is 29.8 Å². The number of halogens is 4. The number of aliphatic imine (C=N–C) groups is 1. The minimum Gasteiger partial charge on any atom is -0.406 e. The average molecular weight is 457 g/mol. The number of hydrogen-bond donors (Lipinski definition) is 2. The van der Waals surface area contributed by atoms with Crippen molar-refractivity contribution in [1.29, 1.82) is 0 Å². The van der Waals surface area contributed by atoms with Crippen LogP contribution >= 0.6 is 24.0 Å². The van der Waals surface area contributed by atoms with Crippen molar-refractivity contribution in [3.63, 3.8) is 0 Å². The van der Waals surface area contributed by atoms with Gasteiger partial charge in [0.1, 0.15) is 5.75 Å². The summed E-state index contributed by atoms with van der Waals surface area (Å²) < 4.78 is 40.1. The lowest BCUT2D eigenvalue weighted by atomic mass is 10.1. The second kappa shape index (κ2) is 9.95. The Labute approximate surface area is 157 Å². The van der Waals surface area contributed by atoms with Gasteiger partial charge in [0.05, 0.1) is 0 Å². The lowest BCUT2D eigenvalue weighted by molar-refractivity contribution is -0.274. The van der Waals surface area contributed by atoms with E-state index in [1.807, 2.05) is 6.92 Å². The minimum atomic E-state index is -4.65. The third kappa shape index (κ3) is 8.60. The van der Waals surface area contributed by atoms with Gasteiger partial charge in [-0.1, -0.05) is 12.1 Å². The number of nitrogens with zero attached hydrogens (tertiary/aromatic N) is 1. The van der Waals surface area contributed by atoms with Crippen molar-refractivity contribution in [2.45, 2.75) is 32.5 Å². The normalized spacial score (nSPS) is 14.8. The van der Waals surface area contributed by atoms with Crippen LogP contribution in [0.3, 0.4) is 0 Å². The van der Waals surface area contributed by atoms with E-state index in [2.05, 4.69) is 20.4 Å². The molecular formula is C16H23F3IN3O. The van der Waals surface area contributed by atoms with Gasteiger partial charge in [-0.3, -0.25) is 4.99 Å². The van der Waals surface area contributed by atoms with Gasteiger partial charge in [-0.15, -0.1) is 37.1 Å². The Balaban J connectivity index is 0.00000288. The fourth-order valence-corrected chi connectivity index (χ4v) is 2.05. The fraction of sp³-hybridized carbons (Fsp3) is 0.562. The maximum Gasteiger partial charge on any atom is 0.573 e. The fourth-order valence-electron chi connectivity index (χ4n) is 2.05. The topological polar surface area (TPSA) is 45.7 Å². The molecule has 0 atom stereocenters. The van der Waals surface area contributed by atoms with Gasteiger partial charge >= 0.3 is 6.36 Å². The molecule has 8 heteroatoms. The first-order chi connectivity index (χ1) is 11.0. The molecule has 0 bridgehead atoms. The van der Waals surface area contributed by atoms with E-state index in [4.69, 9.17) is 0 Å². The molecule has 136 valence electrons. The Morgan fingerprint density at radius 2 is 1.88 bits per heavy atom. The summed E-state index contributed by atoms with van der Waals surface area (Å²) in [5, 5.41) is 6.41. The van der Waals surface area contributed by atoms with E-state index in [9.17, 15) is 13.2 Å². The highest BCUT2D eigenvalue weighted by Gasteiger charge is 2.30. The lowest BCUT2D eigenvalue weighted by Gasteiger charge is -2.12. The molecule has 0 amide bonds. The highest BCUT2D eigenvalue weighted by Crippen LogP contribution is 2.28. The molecule has 4 nitrogen and oxygen atoms in total. The van der Waals surface area contributed by atoms with E-state index < -0.39 is 6.36 Å². The quantitative estimate of drug-likeness (QED) is 0.373. The maximum absolute atomic E-state index is 12.1. The van der Waals surface area contributed by atoms with Crippen LogP contribution in [-0.4, -0.2) is 32.0 Å². The Morgan fingerprint density at radius 1 is 1.21 bits per heavy atom. The predicted molar refractivity (Wildman–Crippen MR) is 98.9 cm³/mol. The SMILES string of the molecule is CCNC(=NCC1CC1)NCCc1ccc(OC(F)(F)F)cc1.I. The molecular weight excluding hydrogens is 434 g/mol. The van der Waals surface area contributed by atoms with E-state index in [1.165, 1.54) is 25.0 Å². The van der Waals surface area contributed by atoms with Crippen LogP contribution in [0.2, 0.25) is 0 Å². The molecule has 0 saturated heterocycles. The molecule has 0 aromatic heterocycles. The van der Waals surface area contributed by atoms with Crippen molar-refractivity contribution in [2.24, 2.45) is 10.9 Å². The molecule has 0 heterocycles. The van der Waals surface area contributed by atoms with Crippen LogP contribution in [0.25, 0.3) is 0 Å². The van der Waals surface area contributed by atoms with Crippen LogP contribution in [0, 0.1) is 5.92 Å². The van der Waals surface area contributed by atoms with Crippen LogP contribution in [0.15, 0.2) is 29.3 Å². The number of hydrogen-bond acceptors (Lipinski definition) is 2. The lowest BCUT2D eigenvalue weighted by Crippen LogP contribution is -2.38. The summed E-state index contributed by atoms with van der Waals surface area (Å²) in [6.45, 7) is 4.31. The molecule has 1 aromatic rings. The van der Waals surface area contributed by atoms with Crippen molar-refractivity contribution >= 4 is 29.9 Å². The summed E-state index contributed by atoms with van der Waals surface area (Å²) in [4.78, 5) is 4.51. The van der Waals surface area contributed by atoms with Crippen molar-refractivity contribution in [3.8, 4) is 5.75 Å². The van der Waals surface area contributed by atoms with Crippen molar-refractivity contribution < 1.29 is 17.9 Å². The molecule has 2 rings (SSSR count). The van der Waals surface area contributed by atoms with Crippen LogP contribution < -0.4 is 15.4 Å². The standard InChI is InChI=1S/C16H22F3N3O.HI/c1-2-20-15(22-11-13-3-4-13)21-10-9-12-5-7-14(8-6-12)23-16(17,18)19;/h5-8,13H,2-4,9-11H2,1H3,(H2,20,21,22);1H. The van der Waals surface area contributed by atoms with Gasteiger partial charge < -0.3 is 15.4 Å². The van der Waals surface area contributed by atoms with Gasteiger partial charge in [0.2, 0.25) is 0 Å². The summed E-state index contributed by atoms with van der Waals surface area (Å²) in [6.07, 6.45) is -1.44. The van der Waals surface area contributed by atoms with E-state index in [1.54, 1.807) is 12.1 Å². The number of alkyl halides is 3. The van der Waals surface area contributed by atoms with Crippen molar-refractivity contribution in [2.75, 3.05) is 19.6 Å². The zero-order chi connectivity index (χ0) is 16.7. The molecule has 1 aromatic carbocycles. The first kappa shape index (κ1) is 20.9. The number of guanidine groups is 1. The van der Waals surface area contributed by atoms with Crippen LogP contribution in [0.5, 0.6) is 5.75 Å². The maximum atomic E-state index is 12.1. The van der Waals surface area contributed by atoms with Gasteiger partial charge in [-0.05, 0) is 49.8 Å². The Morgan fingerprint density at radius 3 is 2.42 bits per heavy atom. The molecule has 0 unspecified atom stereocenters. The third-order valence-electron chi connectivity index (χ3n) is 3.41. The van der Waals surface area contributed by atoms with Gasteiger partial charge in [-0.2, -0.15) is 0 Å². The molecule has 0 aliphatic heterocycles. The van der Waals surface area contributed by atoms with Crippen LogP contribution in [0.1, 0.15) is 25.3 Å². The molecule has 0 spiro atoms. The average Bonchev–Trinajstić information content (AvgIpc) is 3.29. The molecule has 1 aliphatic carbocycles. The van der Waals surface area contributed by atoms with E-state index in [0.717, 1.165) is 30.5 Å². The Kier molecular flexibility index (Phi) is 8.65. The van der Waals surface area contributed by atoms with E-state index in [0.29, 0.717) is 13.0 Å². The Hall–Kier alpha value is -1.19. The second-order valence-electron chi connectivity index (χ2n) is 5.53. The summed E-state index contributed by atoms with van der Waals surface area (Å²) in [6, 6.07) is 5.93. The third-order valence-corrected chi connectivity index (χ3v) is 3.41. The second-order valence-corrected chi connectivity index (χ2v) is 5.53. The molecule has 1 aliphatic rings. The number of benzene rings is 1. The highest BCUT2D eigenvalue weighted by molar-refractivity contribution is 14.0. The van der Waals surface area contributed by atoms with Gasteiger partial charge in [0, 0.05) is 19.6 Å². The zero-order valence-corrected chi connectivity index (χ0v) is 15.9. The molecule has 0 radical (unpaired) electrons. The van der Waals surface area contributed by atoms with E-state index in [-0.39, 0.29) is 29.7 Å². The minimum absolute atomic E-state index is 0. The number of ether oxygens (including phenoxy) is 1. The molecule has 2 N–H and O–H groups in total. The summed E-state index contributed by atoms with van der Waals surface area (Å²) in [5.74, 6) is 1.32. The monoisotopic (exact) mass is 457 g/mol. The summed E-state index contributed by atoms with van der Waals surface area (Å²) in [7, 11) is 0. The predicted octanol–water partition coefficient (Wildman–Crippen LogP) is 3.71. The molecule has 1 saturated carbocycles. The zero-order valence-electron chi connectivity index (χ0n) is 13.5. The van der Waals surface area contributed by atoms with Crippen LogP contribution in [0.4, 0.5) is 13.2 Å². The van der Waals surface area contributed by atoms with Gasteiger partial charge in [-0.25, -0.2) is 0 Å². The van der Waals surface area contributed by atoms with E-state index >= 15 is 0 Å². The first-order valence-electron chi connectivity index (χ1n) is 7.83. The Bertz CT molecular complexity index is 516. The molecule has 24 heavy (non-hydrogen) atoms. The smallest absolute Gasteiger partial charge is 0.406 e. The van der Waals surface area contributed by atoms with Gasteiger partial charge in [0.15, 0.2) is 5.96 Å². The van der Waals surface area contributed by atoms with Crippen molar-refractivity contribution in [1.82, 2.24) is 10.6 Å². The van der Waals surface area contributed by atoms with Crippen LogP contribution in [-0.2, 0) is 6.42 Å². The summed E-state index contributed by atoms with van der Waals surface area (Å²) >= 11 is 0. The molecule has 1 fully saturated rings. The largest absolute Gasteiger partial charge is 0.573 e. The highest BCUT2D eigenvalue weighted by atomic mass is 127. The number of rotatable bonds is 7.